The SMILES string of the molecule is CC1CCCC(CC(=O)NC2CCNCC2)C1.Cl. The first-order valence-corrected chi connectivity index (χ1v) is 7.24. The second kappa shape index (κ2) is 8.00. The number of amides is 1. The van der Waals surface area contributed by atoms with Crippen LogP contribution in [0.2, 0.25) is 0 Å². The first-order valence-electron chi connectivity index (χ1n) is 7.24. The van der Waals surface area contributed by atoms with Crippen molar-refractivity contribution in [1.29, 1.82) is 0 Å². The van der Waals surface area contributed by atoms with Crippen LogP contribution in [0, 0.1) is 11.8 Å². The van der Waals surface area contributed by atoms with Gasteiger partial charge in [0.2, 0.25) is 5.91 Å². The van der Waals surface area contributed by atoms with Crippen molar-refractivity contribution in [2.75, 3.05) is 13.1 Å². The molecular weight excluding hydrogens is 248 g/mol. The van der Waals surface area contributed by atoms with Crippen molar-refractivity contribution >= 4 is 18.3 Å². The summed E-state index contributed by atoms with van der Waals surface area (Å²) >= 11 is 0. The maximum atomic E-state index is 12.0. The van der Waals surface area contributed by atoms with Gasteiger partial charge in [-0.1, -0.05) is 19.8 Å². The molecule has 106 valence electrons. The Balaban J connectivity index is 0.00000162. The molecule has 0 spiro atoms. The van der Waals surface area contributed by atoms with Gasteiger partial charge >= 0.3 is 0 Å². The molecule has 1 amide bonds. The zero-order chi connectivity index (χ0) is 12.1. The largest absolute Gasteiger partial charge is 0.353 e. The smallest absolute Gasteiger partial charge is 0.220 e. The van der Waals surface area contributed by atoms with Gasteiger partial charge < -0.3 is 10.6 Å². The Morgan fingerprint density at radius 3 is 2.61 bits per heavy atom. The summed E-state index contributed by atoms with van der Waals surface area (Å²) in [6.45, 7) is 4.41. The molecule has 2 unspecified atom stereocenters. The fraction of sp³-hybridized carbons (Fsp3) is 0.929. The van der Waals surface area contributed by atoms with Crippen LogP contribution in [0.3, 0.4) is 0 Å². The topological polar surface area (TPSA) is 41.1 Å². The van der Waals surface area contributed by atoms with Crippen LogP contribution in [0.25, 0.3) is 0 Å². The van der Waals surface area contributed by atoms with Crippen molar-refractivity contribution in [3.05, 3.63) is 0 Å². The van der Waals surface area contributed by atoms with E-state index in [1.54, 1.807) is 0 Å². The van der Waals surface area contributed by atoms with Gasteiger partial charge in [0.05, 0.1) is 0 Å². The van der Waals surface area contributed by atoms with Crippen LogP contribution in [0.4, 0.5) is 0 Å². The van der Waals surface area contributed by atoms with Crippen LogP contribution in [0.15, 0.2) is 0 Å². The van der Waals surface area contributed by atoms with Crippen molar-refractivity contribution in [3.63, 3.8) is 0 Å². The number of carbonyl (C=O) groups excluding carboxylic acids is 1. The Morgan fingerprint density at radius 1 is 1.22 bits per heavy atom. The average molecular weight is 275 g/mol. The number of carbonyl (C=O) groups is 1. The summed E-state index contributed by atoms with van der Waals surface area (Å²) in [6.07, 6.45) is 8.11. The predicted octanol–water partition coefficient (Wildman–Crippen LogP) is 2.49. The molecule has 2 fully saturated rings. The molecule has 2 rings (SSSR count). The highest BCUT2D eigenvalue weighted by atomic mass is 35.5. The number of nitrogens with one attached hydrogen (secondary N) is 2. The second-order valence-corrected chi connectivity index (χ2v) is 5.93. The van der Waals surface area contributed by atoms with Crippen LogP contribution in [0.5, 0.6) is 0 Å². The first-order chi connectivity index (χ1) is 8.24. The van der Waals surface area contributed by atoms with Crippen LogP contribution in [-0.2, 0) is 4.79 Å². The van der Waals surface area contributed by atoms with Gasteiger partial charge in [0.25, 0.3) is 0 Å². The number of hydrogen-bond acceptors (Lipinski definition) is 2. The molecule has 0 bridgehead atoms. The number of piperidine rings is 1. The van der Waals surface area contributed by atoms with E-state index >= 15 is 0 Å². The van der Waals surface area contributed by atoms with E-state index in [1.807, 2.05) is 0 Å². The fourth-order valence-corrected chi connectivity index (χ4v) is 3.26. The molecule has 2 N–H and O–H groups in total. The highest BCUT2D eigenvalue weighted by Gasteiger charge is 2.22. The summed E-state index contributed by atoms with van der Waals surface area (Å²) in [6, 6.07) is 0.421. The van der Waals surface area contributed by atoms with Gasteiger partial charge in [-0.15, -0.1) is 12.4 Å². The molecule has 1 saturated carbocycles. The van der Waals surface area contributed by atoms with Crippen LogP contribution < -0.4 is 10.6 Å². The van der Waals surface area contributed by atoms with Gasteiger partial charge in [0.1, 0.15) is 0 Å². The fourth-order valence-electron chi connectivity index (χ4n) is 3.26. The summed E-state index contributed by atoms with van der Waals surface area (Å²) < 4.78 is 0. The third-order valence-corrected chi connectivity index (χ3v) is 4.22. The molecule has 2 atom stereocenters. The lowest BCUT2D eigenvalue weighted by Gasteiger charge is -2.28. The van der Waals surface area contributed by atoms with E-state index in [-0.39, 0.29) is 18.3 Å². The van der Waals surface area contributed by atoms with Crippen LogP contribution in [0.1, 0.15) is 51.9 Å². The summed E-state index contributed by atoms with van der Waals surface area (Å²) in [5, 5.41) is 6.53. The molecule has 18 heavy (non-hydrogen) atoms. The monoisotopic (exact) mass is 274 g/mol. The zero-order valence-electron chi connectivity index (χ0n) is 11.4. The number of halogens is 1. The highest BCUT2D eigenvalue weighted by Crippen LogP contribution is 2.30. The van der Waals surface area contributed by atoms with E-state index in [0.29, 0.717) is 12.0 Å². The lowest BCUT2D eigenvalue weighted by atomic mass is 9.80. The summed E-state index contributed by atoms with van der Waals surface area (Å²) in [5.74, 6) is 1.75. The van der Waals surface area contributed by atoms with Gasteiger partial charge in [-0.25, -0.2) is 0 Å². The van der Waals surface area contributed by atoms with Crippen molar-refractivity contribution in [3.8, 4) is 0 Å². The van der Waals surface area contributed by atoms with Crippen molar-refractivity contribution in [1.82, 2.24) is 10.6 Å². The lowest BCUT2D eigenvalue weighted by molar-refractivity contribution is -0.123. The van der Waals surface area contributed by atoms with Gasteiger partial charge in [-0.3, -0.25) is 4.79 Å². The molecule has 4 heteroatoms. The van der Waals surface area contributed by atoms with Crippen LogP contribution in [-0.4, -0.2) is 25.0 Å². The Hall–Kier alpha value is -0.280. The molecule has 1 aliphatic heterocycles. The molecule has 0 radical (unpaired) electrons. The Kier molecular flexibility index (Phi) is 7.02. The van der Waals surface area contributed by atoms with Crippen molar-refractivity contribution < 1.29 is 4.79 Å². The molecule has 1 saturated heterocycles. The standard InChI is InChI=1S/C14H26N2O.ClH/c1-11-3-2-4-12(9-11)10-14(17)16-13-5-7-15-8-6-13;/h11-13,15H,2-10H2,1H3,(H,16,17);1H. The Labute approximate surface area is 117 Å². The minimum absolute atomic E-state index is 0. The van der Waals surface area contributed by atoms with Gasteiger partial charge in [0, 0.05) is 12.5 Å². The number of rotatable bonds is 3. The first kappa shape index (κ1) is 15.8. The molecule has 2 aliphatic rings. The van der Waals surface area contributed by atoms with E-state index in [1.165, 1.54) is 25.7 Å². The highest BCUT2D eigenvalue weighted by molar-refractivity contribution is 5.85. The molecule has 3 nitrogen and oxygen atoms in total. The van der Waals surface area contributed by atoms with E-state index in [0.717, 1.165) is 38.3 Å². The third-order valence-electron chi connectivity index (χ3n) is 4.22. The Morgan fingerprint density at radius 2 is 1.94 bits per heavy atom. The van der Waals surface area contributed by atoms with Gasteiger partial charge in [0.15, 0.2) is 0 Å². The molecule has 1 aliphatic carbocycles. The van der Waals surface area contributed by atoms with Crippen molar-refractivity contribution in [2.45, 2.75) is 57.9 Å². The van der Waals surface area contributed by atoms with Crippen molar-refractivity contribution in [2.24, 2.45) is 11.8 Å². The van der Waals surface area contributed by atoms with E-state index < -0.39 is 0 Å². The maximum absolute atomic E-state index is 12.0. The Bertz CT molecular complexity index is 254. The van der Waals surface area contributed by atoms with Gasteiger partial charge in [-0.2, -0.15) is 0 Å². The predicted molar refractivity (Wildman–Crippen MR) is 77.0 cm³/mol. The summed E-state index contributed by atoms with van der Waals surface area (Å²) in [5.41, 5.74) is 0. The minimum Gasteiger partial charge on any atom is -0.353 e. The minimum atomic E-state index is 0. The lowest BCUT2D eigenvalue weighted by Crippen LogP contribution is -2.43. The van der Waals surface area contributed by atoms with E-state index in [2.05, 4.69) is 17.6 Å². The molecule has 0 aromatic rings. The second-order valence-electron chi connectivity index (χ2n) is 5.93. The van der Waals surface area contributed by atoms with E-state index in [9.17, 15) is 4.79 Å². The summed E-state index contributed by atoms with van der Waals surface area (Å²) in [4.78, 5) is 12.0. The van der Waals surface area contributed by atoms with Gasteiger partial charge in [-0.05, 0) is 50.6 Å². The quantitative estimate of drug-likeness (QED) is 0.830. The molecule has 0 aromatic carbocycles. The molecular formula is C14H27ClN2O. The molecule has 1 heterocycles. The zero-order valence-corrected chi connectivity index (χ0v) is 12.2. The van der Waals surface area contributed by atoms with Crippen LogP contribution >= 0.6 is 12.4 Å². The number of hydrogen-bond donors (Lipinski definition) is 2. The van der Waals surface area contributed by atoms with E-state index in [4.69, 9.17) is 0 Å². The maximum Gasteiger partial charge on any atom is 0.220 e. The third kappa shape index (κ3) is 5.15. The normalized spacial score (nSPS) is 29.4. The summed E-state index contributed by atoms with van der Waals surface area (Å²) in [7, 11) is 0. The average Bonchev–Trinajstić information content (AvgIpc) is 2.30. The molecule has 0 aromatic heterocycles.